The van der Waals surface area contributed by atoms with Crippen LogP contribution in [0.3, 0.4) is 0 Å². The van der Waals surface area contributed by atoms with Gasteiger partial charge in [0.05, 0.1) is 0 Å². The summed E-state index contributed by atoms with van der Waals surface area (Å²) in [6.45, 7) is 11.2. The summed E-state index contributed by atoms with van der Waals surface area (Å²) in [6, 6.07) is 8.66. The molecule has 0 spiro atoms. The lowest BCUT2D eigenvalue weighted by Crippen LogP contribution is -2.30. The molecule has 0 radical (unpaired) electrons. The number of hydrogen-bond acceptors (Lipinski definition) is 2. The van der Waals surface area contributed by atoms with E-state index in [0.717, 1.165) is 31.1 Å². The summed E-state index contributed by atoms with van der Waals surface area (Å²) in [5.41, 5.74) is 1.34. The van der Waals surface area contributed by atoms with Crippen molar-refractivity contribution in [3.05, 3.63) is 34.9 Å². The third-order valence-corrected chi connectivity index (χ3v) is 3.98. The average molecular weight is 297 g/mol. The minimum absolute atomic E-state index is 0.424. The minimum atomic E-state index is 0.424. The lowest BCUT2D eigenvalue weighted by atomic mass is 10.0. The highest BCUT2D eigenvalue weighted by Crippen LogP contribution is 2.19. The molecular formula is C17H29ClN2. The van der Waals surface area contributed by atoms with Gasteiger partial charge in [-0.05, 0) is 56.7 Å². The lowest BCUT2D eigenvalue weighted by molar-refractivity contribution is 0.265. The number of unbranched alkanes of at least 4 members (excludes halogenated alkanes) is 1. The van der Waals surface area contributed by atoms with Gasteiger partial charge in [0.1, 0.15) is 0 Å². The van der Waals surface area contributed by atoms with Crippen molar-refractivity contribution in [2.24, 2.45) is 0 Å². The van der Waals surface area contributed by atoms with E-state index >= 15 is 0 Å². The SMILES string of the molecule is CCCCN(CC)CCC(NCC)c1ccc(Cl)cc1. The number of rotatable bonds is 10. The van der Waals surface area contributed by atoms with E-state index in [1.165, 1.54) is 24.9 Å². The Morgan fingerprint density at radius 1 is 1.10 bits per heavy atom. The Balaban J connectivity index is 2.55. The molecule has 0 heterocycles. The predicted octanol–water partition coefficient (Wildman–Crippen LogP) is 4.50. The summed E-state index contributed by atoms with van der Waals surface area (Å²) in [7, 11) is 0. The standard InChI is InChI=1S/C17H29ClN2/c1-4-7-13-20(6-3)14-12-17(19-5-2)15-8-10-16(18)11-9-15/h8-11,17,19H,4-7,12-14H2,1-3H3. The molecule has 0 bridgehead atoms. The predicted molar refractivity (Wildman–Crippen MR) is 89.5 cm³/mol. The van der Waals surface area contributed by atoms with Gasteiger partial charge in [0.25, 0.3) is 0 Å². The van der Waals surface area contributed by atoms with Crippen LogP contribution in [-0.4, -0.2) is 31.1 Å². The second kappa shape index (κ2) is 10.2. The molecule has 0 fully saturated rings. The van der Waals surface area contributed by atoms with Crippen LogP contribution in [0.25, 0.3) is 0 Å². The van der Waals surface area contributed by atoms with Gasteiger partial charge in [-0.15, -0.1) is 0 Å². The molecule has 0 aliphatic carbocycles. The zero-order valence-corrected chi connectivity index (χ0v) is 13.9. The monoisotopic (exact) mass is 296 g/mol. The Hall–Kier alpha value is -0.570. The molecule has 1 N–H and O–H groups in total. The number of hydrogen-bond donors (Lipinski definition) is 1. The Labute approximate surface area is 129 Å². The molecule has 1 rings (SSSR count). The maximum atomic E-state index is 5.97. The fraction of sp³-hybridized carbons (Fsp3) is 0.647. The highest BCUT2D eigenvalue weighted by atomic mass is 35.5. The zero-order valence-electron chi connectivity index (χ0n) is 13.2. The van der Waals surface area contributed by atoms with Crippen LogP contribution in [0.5, 0.6) is 0 Å². The summed E-state index contributed by atoms with van der Waals surface area (Å²) in [5.74, 6) is 0. The van der Waals surface area contributed by atoms with Gasteiger partial charge in [-0.25, -0.2) is 0 Å². The van der Waals surface area contributed by atoms with Gasteiger partial charge in [0.15, 0.2) is 0 Å². The zero-order chi connectivity index (χ0) is 14.8. The van der Waals surface area contributed by atoms with Crippen LogP contribution < -0.4 is 5.32 Å². The highest BCUT2D eigenvalue weighted by Gasteiger charge is 2.12. The molecule has 0 amide bonds. The van der Waals surface area contributed by atoms with E-state index in [2.05, 4.69) is 43.1 Å². The quantitative estimate of drug-likeness (QED) is 0.684. The third kappa shape index (κ3) is 6.25. The summed E-state index contributed by atoms with van der Waals surface area (Å²) < 4.78 is 0. The topological polar surface area (TPSA) is 15.3 Å². The Morgan fingerprint density at radius 2 is 1.80 bits per heavy atom. The molecule has 3 heteroatoms. The van der Waals surface area contributed by atoms with Crippen LogP contribution in [-0.2, 0) is 0 Å². The maximum absolute atomic E-state index is 5.97. The molecule has 0 aliphatic heterocycles. The van der Waals surface area contributed by atoms with E-state index in [1.807, 2.05) is 12.1 Å². The van der Waals surface area contributed by atoms with E-state index in [4.69, 9.17) is 11.6 Å². The lowest BCUT2D eigenvalue weighted by Gasteiger charge is -2.24. The Kier molecular flexibility index (Phi) is 8.92. The molecule has 1 aromatic carbocycles. The normalized spacial score (nSPS) is 12.8. The van der Waals surface area contributed by atoms with Crippen molar-refractivity contribution in [2.45, 2.75) is 46.1 Å². The van der Waals surface area contributed by atoms with Crippen LogP contribution in [0.1, 0.15) is 51.6 Å². The first-order valence-electron chi connectivity index (χ1n) is 7.92. The van der Waals surface area contributed by atoms with Gasteiger partial charge in [-0.1, -0.05) is 50.9 Å². The van der Waals surface area contributed by atoms with Crippen LogP contribution in [0.4, 0.5) is 0 Å². The smallest absolute Gasteiger partial charge is 0.0406 e. The van der Waals surface area contributed by atoms with E-state index in [0.29, 0.717) is 6.04 Å². The van der Waals surface area contributed by atoms with E-state index in [1.54, 1.807) is 0 Å². The van der Waals surface area contributed by atoms with E-state index < -0.39 is 0 Å². The number of halogens is 1. The van der Waals surface area contributed by atoms with Crippen molar-refractivity contribution in [3.63, 3.8) is 0 Å². The van der Waals surface area contributed by atoms with E-state index in [9.17, 15) is 0 Å². The molecule has 20 heavy (non-hydrogen) atoms. The minimum Gasteiger partial charge on any atom is -0.310 e. The molecule has 114 valence electrons. The molecule has 2 nitrogen and oxygen atoms in total. The van der Waals surface area contributed by atoms with Crippen molar-refractivity contribution >= 4 is 11.6 Å². The Bertz CT molecular complexity index is 351. The van der Waals surface area contributed by atoms with Gasteiger partial charge in [-0.3, -0.25) is 0 Å². The van der Waals surface area contributed by atoms with Crippen molar-refractivity contribution in [3.8, 4) is 0 Å². The number of nitrogens with one attached hydrogen (secondary N) is 1. The molecule has 0 aliphatic rings. The second-order valence-corrected chi connectivity index (χ2v) is 5.67. The van der Waals surface area contributed by atoms with Crippen molar-refractivity contribution < 1.29 is 0 Å². The largest absolute Gasteiger partial charge is 0.310 e. The van der Waals surface area contributed by atoms with Gasteiger partial charge in [0.2, 0.25) is 0 Å². The molecule has 1 unspecified atom stereocenters. The van der Waals surface area contributed by atoms with Crippen molar-refractivity contribution in [1.82, 2.24) is 10.2 Å². The average Bonchev–Trinajstić information content (AvgIpc) is 2.47. The fourth-order valence-corrected chi connectivity index (χ4v) is 2.58. The number of nitrogens with zero attached hydrogens (tertiary/aromatic N) is 1. The summed E-state index contributed by atoms with van der Waals surface area (Å²) in [4.78, 5) is 2.55. The van der Waals surface area contributed by atoms with Crippen LogP contribution in [0, 0.1) is 0 Å². The molecule has 1 atom stereocenters. The summed E-state index contributed by atoms with van der Waals surface area (Å²) in [5, 5.41) is 4.39. The summed E-state index contributed by atoms with van der Waals surface area (Å²) in [6.07, 6.45) is 3.71. The first-order valence-corrected chi connectivity index (χ1v) is 8.30. The first kappa shape index (κ1) is 17.5. The van der Waals surface area contributed by atoms with Crippen molar-refractivity contribution in [2.75, 3.05) is 26.2 Å². The van der Waals surface area contributed by atoms with Gasteiger partial charge in [-0.2, -0.15) is 0 Å². The number of benzene rings is 1. The third-order valence-electron chi connectivity index (χ3n) is 3.73. The van der Waals surface area contributed by atoms with Gasteiger partial charge < -0.3 is 10.2 Å². The van der Waals surface area contributed by atoms with Crippen LogP contribution in [0.2, 0.25) is 5.02 Å². The molecular weight excluding hydrogens is 268 g/mol. The fourth-order valence-electron chi connectivity index (χ4n) is 2.45. The van der Waals surface area contributed by atoms with Crippen molar-refractivity contribution in [1.29, 1.82) is 0 Å². The highest BCUT2D eigenvalue weighted by molar-refractivity contribution is 6.30. The maximum Gasteiger partial charge on any atom is 0.0406 e. The first-order chi connectivity index (χ1) is 9.71. The van der Waals surface area contributed by atoms with Crippen LogP contribution in [0.15, 0.2) is 24.3 Å². The van der Waals surface area contributed by atoms with Crippen LogP contribution >= 0.6 is 11.6 Å². The summed E-state index contributed by atoms with van der Waals surface area (Å²) >= 11 is 5.97. The Morgan fingerprint density at radius 3 is 2.35 bits per heavy atom. The second-order valence-electron chi connectivity index (χ2n) is 5.24. The van der Waals surface area contributed by atoms with Gasteiger partial charge >= 0.3 is 0 Å². The van der Waals surface area contributed by atoms with Gasteiger partial charge in [0, 0.05) is 11.1 Å². The molecule has 0 saturated carbocycles. The molecule has 1 aromatic rings. The molecule has 0 saturated heterocycles. The van der Waals surface area contributed by atoms with E-state index in [-0.39, 0.29) is 0 Å². The molecule has 0 aromatic heterocycles.